The van der Waals surface area contributed by atoms with Crippen LogP contribution in [0.15, 0.2) is 22.7 Å². The first-order valence-corrected chi connectivity index (χ1v) is 5.47. The highest BCUT2D eigenvalue weighted by Crippen LogP contribution is 2.33. The summed E-state index contributed by atoms with van der Waals surface area (Å²) in [7, 11) is 0. The van der Waals surface area contributed by atoms with Crippen molar-refractivity contribution in [2.45, 2.75) is 12.8 Å². The molecule has 0 radical (unpaired) electrons. The molecule has 0 heterocycles. The van der Waals surface area contributed by atoms with Gasteiger partial charge in [-0.1, -0.05) is 0 Å². The van der Waals surface area contributed by atoms with Gasteiger partial charge < -0.3 is 14.6 Å². The second-order valence-electron chi connectivity index (χ2n) is 3.13. The van der Waals surface area contributed by atoms with Crippen LogP contribution in [0.1, 0.15) is 6.42 Å². The fourth-order valence-corrected chi connectivity index (χ4v) is 1.47. The fraction of sp³-hybridized carbons (Fsp3) is 0.300. The summed E-state index contributed by atoms with van der Waals surface area (Å²) in [5.74, 6) is -1.17. The minimum absolute atomic E-state index is 0.0626. The number of carboxylic acids is 1. The first-order valence-electron chi connectivity index (χ1n) is 4.68. The Hall–Kier alpha value is -1.44. The van der Waals surface area contributed by atoms with Crippen molar-refractivity contribution < 1.29 is 32.5 Å². The molecule has 1 N–H and O–H groups in total. The number of carboxylic acid groups (broad SMARTS) is 1. The van der Waals surface area contributed by atoms with Crippen LogP contribution in [0.2, 0.25) is 0 Å². The van der Waals surface area contributed by atoms with Crippen LogP contribution in [-0.4, -0.2) is 24.0 Å². The number of benzene rings is 1. The third-order valence-electron chi connectivity index (χ3n) is 1.71. The molecule has 1 rings (SSSR count). The van der Waals surface area contributed by atoms with Crippen LogP contribution >= 0.6 is 15.9 Å². The van der Waals surface area contributed by atoms with E-state index in [0.717, 1.165) is 6.07 Å². The smallest absolute Gasteiger partial charge is 0.493 e. The highest BCUT2D eigenvalue weighted by molar-refractivity contribution is 9.10. The molecule has 0 aliphatic heterocycles. The molecule has 0 aromatic heterocycles. The Morgan fingerprint density at radius 3 is 2.56 bits per heavy atom. The highest BCUT2D eigenvalue weighted by atomic mass is 79.9. The largest absolute Gasteiger partial charge is 0.573 e. The minimum atomic E-state index is -4.77. The van der Waals surface area contributed by atoms with Crippen LogP contribution in [0.3, 0.4) is 0 Å². The van der Waals surface area contributed by atoms with Crippen LogP contribution < -0.4 is 9.47 Å². The zero-order chi connectivity index (χ0) is 13.8. The summed E-state index contributed by atoms with van der Waals surface area (Å²) in [5, 5.41) is 8.38. The van der Waals surface area contributed by atoms with E-state index in [4.69, 9.17) is 9.84 Å². The van der Waals surface area contributed by atoms with Crippen molar-refractivity contribution in [3.63, 3.8) is 0 Å². The van der Waals surface area contributed by atoms with E-state index in [1.807, 2.05) is 0 Å². The molecule has 18 heavy (non-hydrogen) atoms. The summed E-state index contributed by atoms with van der Waals surface area (Å²) in [4.78, 5) is 10.2. The molecule has 0 fully saturated rings. The van der Waals surface area contributed by atoms with Gasteiger partial charge in [0.15, 0.2) is 0 Å². The van der Waals surface area contributed by atoms with E-state index in [1.165, 1.54) is 12.1 Å². The number of aliphatic carboxylic acids is 1. The fourth-order valence-electron chi connectivity index (χ4n) is 1.03. The van der Waals surface area contributed by atoms with Crippen LogP contribution in [0.5, 0.6) is 11.5 Å². The highest BCUT2D eigenvalue weighted by Gasteiger charge is 2.31. The van der Waals surface area contributed by atoms with E-state index in [1.54, 1.807) is 0 Å². The zero-order valence-electron chi connectivity index (χ0n) is 8.83. The lowest BCUT2D eigenvalue weighted by Gasteiger charge is -2.11. The van der Waals surface area contributed by atoms with E-state index >= 15 is 0 Å². The molecule has 0 aliphatic rings. The molecular formula is C10H8BrF3O4. The lowest BCUT2D eigenvalue weighted by molar-refractivity contribution is -0.274. The molecule has 0 spiro atoms. The van der Waals surface area contributed by atoms with Gasteiger partial charge in [-0.15, -0.1) is 13.2 Å². The Balaban J connectivity index is 2.64. The second-order valence-corrected chi connectivity index (χ2v) is 3.99. The molecule has 1 aromatic rings. The predicted octanol–water partition coefficient (Wildman–Crippen LogP) is 3.20. The van der Waals surface area contributed by atoms with E-state index in [0.29, 0.717) is 0 Å². The third-order valence-corrected chi connectivity index (χ3v) is 2.33. The Labute approximate surface area is 108 Å². The van der Waals surface area contributed by atoms with E-state index in [-0.39, 0.29) is 23.2 Å². The molecule has 1 aromatic carbocycles. The van der Waals surface area contributed by atoms with E-state index in [2.05, 4.69) is 20.7 Å². The van der Waals surface area contributed by atoms with E-state index in [9.17, 15) is 18.0 Å². The first kappa shape index (κ1) is 14.6. The molecule has 100 valence electrons. The van der Waals surface area contributed by atoms with Crippen LogP contribution in [0, 0.1) is 0 Å². The Kier molecular flexibility index (Phi) is 4.83. The second kappa shape index (κ2) is 5.94. The number of carbonyl (C=O) groups is 1. The summed E-state index contributed by atoms with van der Waals surface area (Å²) in [6.45, 7) is -0.0682. The molecule has 0 aliphatic carbocycles. The van der Waals surface area contributed by atoms with Gasteiger partial charge in [0.25, 0.3) is 0 Å². The van der Waals surface area contributed by atoms with Crippen molar-refractivity contribution >= 4 is 21.9 Å². The molecule has 0 saturated heterocycles. The Morgan fingerprint density at radius 2 is 2.06 bits per heavy atom. The van der Waals surface area contributed by atoms with Gasteiger partial charge in [0, 0.05) is 0 Å². The van der Waals surface area contributed by atoms with Gasteiger partial charge in [0.05, 0.1) is 17.5 Å². The number of hydrogen-bond donors (Lipinski definition) is 1. The summed E-state index contributed by atoms with van der Waals surface area (Å²) in [5.41, 5.74) is 0. The summed E-state index contributed by atoms with van der Waals surface area (Å²) < 4.78 is 44.8. The number of rotatable bonds is 5. The molecule has 0 atom stereocenters. The Bertz CT molecular complexity index is 434. The number of halogens is 4. The van der Waals surface area contributed by atoms with Gasteiger partial charge in [0.2, 0.25) is 0 Å². The maximum absolute atomic E-state index is 12.0. The van der Waals surface area contributed by atoms with E-state index < -0.39 is 18.1 Å². The maximum Gasteiger partial charge on any atom is 0.573 e. The summed E-state index contributed by atoms with van der Waals surface area (Å²) >= 11 is 2.90. The van der Waals surface area contributed by atoms with Crippen molar-refractivity contribution in [1.29, 1.82) is 0 Å². The van der Waals surface area contributed by atoms with Crippen molar-refractivity contribution in [1.82, 2.24) is 0 Å². The molecular weight excluding hydrogens is 321 g/mol. The predicted molar refractivity (Wildman–Crippen MR) is 58.6 cm³/mol. The van der Waals surface area contributed by atoms with Crippen molar-refractivity contribution in [2.75, 3.05) is 6.61 Å². The van der Waals surface area contributed by atoms with Gasteiger partial charge in [-0.3, -0.25) is 4.79 Å². The normalized spacial score (nSPS) is 11.1. The standard InChI is InChI=1S/C10H8BrF3O4/c11-7-5-6(17-4-3-9(15)16)1-2-8(7)18-10(12,13)14/h1-2,5H,3-4H2,(H,15,16). The van der Waals surface area contributed by atoms with Gasteiger partial charge in [-0.25, -0.2) is 0 Å². The maximum atomic E-state index is 12.0. The van der Waals surface area contributed by atoms with Crippen LogP contribution in [0.4, 0.5) is 13.2 Å². The lowest BCUT2D eigenvalue weighted by Crippen LogP contribution is -2.17. The molecule has 8 heteroatoms. The number of hydrogen-bond acceptors (Lipinski definition) is 3. The number of ether oxygens (including phenoxy) is 2. The van der Waals surface area contributed by atoms with Gasteiger partial charge >= 0.3 is 12.3 Å². The molecule has 0 saturated carbocycles. The van der Waals surface area contributed by atoms with Gasteiger partial charge in [0.1, 0.15) is 11.5 Å². The van der Waals surface area contributed by atoms with Crippen molar-refractivity contribution in [2.24, 2.45) is 0 Å². The van der Waals surface area contributed by atoms with Crippen LogP contribution in [0.25, 0.3) is 0 Å². The van der Waals surface area contributed by atoms with Crippen molar-refractivity contribution in [3.8, 4) is 11.5 Å². The van der Waals surface area contributed by atoms with Gasteiger partial charge in [-0.05, 0) is 34.1 Å². The molecule has 4 nitrogen and oxygen atoms in total. The SMILES string of the molecule is O=C(O)CCOc1ccc(OC(F)(F)F)c(Br)c1. The topological polar surface area (TPSA) is 55.8 Å². The van der Waals surface area contributed by atoms with Gasteiger partial charge in [-0.2, -0.15) is 0 Å². The lowest BCUT2D eigenvalue weighted by atomic mass is 10.3. The van der Waals surface area contributed by atoms with Crippen LogP contribution in [-0.2, 0) is 4.79 Å². The first-order chi connectivity index (χ1) is 8.28. The van der Waals surface area contributed by atoms with Crippen molar-refractivity contribution in [3.05, 3.63) is 22.7 Å². The average Bonchev–Trinajstić information content (AvgIpc) is 2.19. The summed E-state index contributed by atoms with van der Waals surface area (Å²) in [6.07, 6.45) is -4.97. The minimum Gasteiger partial charge on any atom is -0.493 e. The molecule has 0 amide bonds. The quantitative estimate of drug-likeness (QED) is 0.901. The summed E-state index contributed by atoms with van der Waals surface area (Å²) in [6, 6.07) is 3.60. The number of alkyl halides is 3. The zero-order valence-corrected chi connectivity index (χ0v) is 10.4. The monoisotopic (exact) mass is 328 g/mol. The molecule has 0 bridgehead atoms. The Morgan fingerprint density at radius 1 is 1.39 bits per heavy atom. The third kappa shape index (κ3) is 5.26. The average molecular weight is 329 g/mol. The molecule has 0 unspecified atom stereocenters.